The lowest BCUT2D eigenvalue weighted by atomic mass is 9.95. The van der Waals surface area contributed by atoms with Crippen molar-refractivity contribution in [3.05, 3.63) is 18.0 Å². The zero-order chi connectivity index (χ0) is 10.8. The fourth-order valence-electron chi connectivity index (χ4n) is 2.64. The van der Waals surface area contributed by atoms with Crippen molar-refractivity contribution < 1.29 is 0 Å². The average Bonchev–Trinajstić information content (AvgIpc) is 3.02. The second kappa shape index (κ2) is 4.58. The Labute approximate surface area is 97.2 Å². The highest BCUT2D eigenvalue weighted by molar-refractivity contribution is 5.03. The lowest BCUT2D eigenvalue weighted by Gasteiger charge is -2.22. The van der Waals surface area contributed by atoms with E-state index in [9.17, 15) is 0 Å². The van der Waals surface area contributed by atoms with Crippen molar-refractivity contribution in [3.63, 3.8) is 0 Å². The lowest BCUT2D eigenvalue weighted by molar-refractivity contribution is 0.365. The van der Waals surface area contributed by atoms with E-state index in [1.165, 1.54) is 50.9 Å². The van der Waals surface area contributed by atoms with E-state index in [4.69, 9.17) is 0 Å². The Kier molecular flexibility index (Phi) is 2.96. The van der Waals surface area contributed by atoms with Gasteiger partial charge in [0.05, 0.1) is 0 Å². The predicted octanol–water partition coefficient (Wildman–Crippen LogP) is 1.84. The summed E-state index contributed by atoms with van der Waals surface area (Å²) in [6.07, 6.45) is 8.70. The Morgan fingerprint density at radius 2 is 2.25 bits per heavy atom. The van der Waals surface area contributed by atoms with Gasteiger partial charge in [-0.1, -0.05) is 0 Å². The molecule has 0 aromatic carbocycles. The fraction of sp³-hybridized carbons (Fsp3) is 0.769. The van der Waals surface area contributed by atoms with Crippen molar-refractivity contribution >= 4 is 0 Å². The van der Waals surface area contributed by atoms with E-state index in [-0.39, 0.29) is 0 Å². The van der Waals surface area contributed by atoms with E-state index < -0.39 is 0 Å². The van der Waals surface area contributed by atoms with Crippen molar-refractivity contribution in [3.8, 4) is 0 Å². The molecule has 2 fully saturated rings. The molecule has 1 aliphatic carbocycles. The van der Waals surface area contributed by atoms with Crippen LogP contribution in [-0.4, -0.2) is 22.9 Å². The molecule has 1 saturated carbocycles. The fourth-order valence-corrected chi connectivity index (χ4v) is 2.64. The topological polar surface area (TPSA) is 29.9 Å². The molecule has 1 atom stereocenters. The van der Waals surface area contributed by atoms with Gasteiger partial charge >= 0.3 is 0 Å². The normalized spacial score (nSPS) is 25.9. The van der Waals surface area contributed by atoms with Gasteiger partial charge in [-0.05, 0) is 63.1 Å². The third-order valence-electron chi connectivity index (χ3n) is 3.83. The van der Waals surface area contributed by atoms with Crippen LogP contribution in [0.4, 0.5) is 0 Å². The number of nitrogens with zero attached hydrogens (tertiary/aromatic N) is 2. The van der Waals surface area contributed by atoms with Gasteiger partial charge in [-0.3, -0.25) is 4.68 Å². The summed E-state index contributed by atoms with van der Waals surface area (Å²) in [5, 5.41) is 7.95. The van der Waals surface area contributed by atoms with E-state index in [2.05, 4.69) is 21.2 Å². The highest BCUT2D eigenvalue weighted by Crippen LogP contribution is 2.31. The van der Waals surface area contributed by atoms with E-state index >= 15 is 0 Å². The molecule has 3 nitrogen and oxygen atoms in total. The maximum atomic E-state index is 4.46. The SMILES string of the molecule is c1cc(CC2CCCNC2)n(CC2CC2)n1. The van der Waals surface area contributed by atoms with Crippen LogP contribution >= 0.6 is 0 Å². The summed E-state index contributed by atoms with van der Waals surface area (Å²) in [5.74, 6) is 1.74. The zero-order valence-corrected chi connectivity index (χ0v) is 9.86. The van der Waals surface area contributed by atoms with Crippen molar-refractivity contribution in [2.24, 2.45) is 11.8 Å². The van der Waals surface area contributed by atoms with Gasteiger partial charge in [0, 0.05) is 18.4 Å². The van der Waals surface area contributed by atoms with Crippen molar-refractivity contribution in [1.82, 2.24) is 15.1 Å². The Bertz CT molecular complexity index is 335. The van der Waals surface area contributed by atoms with Gasteiger partial charge < -0.3 is 5.32 Å². The van der Waals surface area contributed by atoms with Crippen LogP contribution in [0.2, 0.25) is 0 Å². The molecule has 1 aromatic rings. The highest BCUT2D eigenvalue weighted by atomic mass is 15.3. The van der Waals surface area contributed by atoms with Gasteiger partial charge in [-0.15, -0.1) is 0 Å². The molecule has 0 amide bonds. The third-order valence-corrected chi connectivity index (χ3v) is 3.83. The van der Waals surface area contributed by atoms with Crippen LogP contribution in [-0.2, 0) is 13.0 Å². The monoisotopic (exact) mass is 219 g/mol. The molecule has 1 N–H and O–H groups in total. The smallest absolute Gasteiger partial charge is 0.0492 e. The van der Waals surface area contributed by atoms with E-state index in [1.54, 1.807) is 0 Å². The van der Waals surface area contributed by atoms with Gasteiger partial charge in [0.15, 0.2) is 0 Å². The number of rotatable bonds is 4. The molecule has 0 radical (unpaired) electrons. The Morgan fingerprint density at radius 3 is 3.00 bits per heavy atom. The van der Waals surface area contributed by atoms with Crippen LogP contribution in [0.15, 0.2) is 12.3 Å². The summed E-state index contributed by atoms with van der Waals surface area (Å²) in [6, 6.07) is 2.21. The van der Waals surface area contributed by atoms with Crippen LogP contribution < -0.4 is 5.32 Å². The summed E-state index contributed by atoms with van der Waals surface area (Å²) in [6.45, 7) is 3.55. The molecule has 2 aliphatic rings. The summed E-state index contributed by atoms with van der Waals surface area (Å²) < 4.78 is 2.24. The molecule has 3 heteroatoms. The summed E-state index contributed by atoms with van der Waals surface area (Å²) in [5.41, 5.74) is 1.45. The maximum absolute atomic E-state index is 4.46. The van der Waals surface area contributed by atoms with Crippen LogP contribution in [0, 0.1) is 11.8 Å². The molecule has 1 unspecified atom stereocenters. The first-order valence-electron chi connectivity index (χ1n) is 6.63. The lowest BCUT2D eigenvalue weighted by Crippen LogP contribution is -2.31. The molecule has 3 rings (SSSR count). The average molecular weight is 219 g/mol. The van der Waals surface area contributed by atoms with Gasteiger partial charge in [0.1, 0.15) is 0 Å². The van der Waals surface area contributed by atoms with Gasteiger partial charge in [-0.2, -0.15) is 5.10 Å². The first-order chi connectivity index (χ1) is 7.92. The number of aromatic nitrogens is 2. The van der Waals surface area contributed by atoms with Gasteiger partial charge in [0.25, 0.3) is 0 Å². The third kappa shape index (κ3) is 2.46. The Balaban J connectivity index is 1.61. The van der Waals surface area contributed by atoms with Gasteiger partial charge in [0.2, 0.25) is 0 Å². The van der Waals surface area contributed by atoms with Crippen molar-refractivity contribution in [2.75, 3.05) is 13.1 Å². The standard InChI is InChI=1S/C13H21N3/c1-2-12(9-14-6-1)8-13-5-7-15-16(13)10-11-3-4-11/h5,7,11-12,14H,1-4,6,8-10H2. The molecule has 0 bridgehead atoms. The van der Waals surface area contributed by atoms with E-state index in [0.717, 1.165) is 18.4 Å². The molecule has 88 valence electrons. The van der Waals surface area contributed by atoms with Crippen LogP contribution in [0.1, 0.15) is 31.4 Å². The first-order valence-corrected chi connectivity index (χ1v) is 6.63. The number of piperidine rings is 1. The molecule has 16 heavy (non-hydrogen) atoms. The first kappa shape index (κ1) is 10.3. The molecular weight excluding hydrogens is 198 g/mol. The molecule has 1 aliphatic heterocycles. The molecule has 1 aromatic heterocycles. The summed E-state index contributed by atoms with van der Waals surface area (Å²) >= 11 is 0. The second-order valence-corrected chi connectivity index (χ2v) is 5.36. The number of nitrogens with one attached hydrogen (secondary N) is 1. The highest BCUT2D eigenvalue weighted by Gasteiger charge is 2.23. The zero-order valence-electron chi connectivity index (χ0n) is 9.86. The van der Waals surface area contributed by atoms with Crippen molar-refractivity contribution in [1.29, 1.82) is 0 Å². The van der Waals surface area contributed by atoms with Crippen molar-refractivity contribution in [2.45, 2.75) is 38.6 Å². The Hall–Kier alpha value is -0.830. The van der Waals surface area contributed by atoms with E-state index in [0.29, 0.717) is 0 Å². The number of hydrogen-bond donors (Lipinski definition) is 1. The largest absolute Gasteiger partial charge is 0.316 e. The molecule has 1 saturated heterocycles. The maximum Gasteiger partial charge on any atom is 0.0492 e. The minimum Gasteiger partial charge on any atom is -0.316 e. The quantitative estimate of drug-likeness (QED) is 0.837. The summed E-state index contributed by atoms with van der Waals surface area (Å²) in [4.78, 5) is 0. The second-order valence-electron chi connectivity index (χ2n) is 5.36. The molecule has 2 heterocycles. The van der Waals surface area contributed by atoms with Crippen LogP contribution in [0.5, 0.6) is 0 Å². The number of hydrogen-bond acceptors (Lipinski definition) is 2. The Morgan fingerprint density at radius 1 is 1.31 bits per heavy atom. The van der Waals surface area contributed by atoms with Crippen LogP contribution in [0.3, 0.4) is 0 Å². The predicted molar refractivity (Wildman–Crippen MR) is 64.2 cm³/mol. The minimum absolute atomic E-state index is 0.823. The van der Waals surface area contributed by atoms with E-state index in [1.807, 2.05) is 6.20 Å². The van der Waals surface area contributed by atoms with Gasteiger partial charge in [-0.25, -0.2) is 0 Å². The molecular formula is C13H21N3. The summed E-state index contributed by atoms with van der Waals surface area (Å²) in [7, 11) is 0. The molecule has 0 spiro atoms. The minimum atomic E-state index is 0.823. The van der Waals surface area contributed by atoms with Crippen LogP contribution in [0.25, 0.3) is 0 Å².